The molecule has 2 aromatic heterocycles. The van der Waals surface area contributed by atoms with Crippen molar-refractivity contribution < 1.29 is 15.7 Å². The molecular weight excluding hydrogens is 633 g/mol. The largest absolute Gasteiger partial charge is 0.456 e. The molecule has 2 nitrogen and oxygen atoms in total. The van der Waals surface area contributed by atoms with Gasteiger partial charge < -0.3 is 8.83 Å². The van der Waals surface area contributed by atoms with Crippen molar-refractivity contribution in [3.63, 3.8) is 0 Å². The van der Waals surface area contributed by atoms with Crippen LogP contribution in [0.25, 0.3) is 110 Å². The van der Waals surface area contributed by atoms with Crippen LogP contribution in [0.5, 0.6) is 0 Å². The van der Waals surface area contributed by atoms with Crippen molar-refractivity contribution in [2.24, 2.45) is 0 Å². The van der Waals surface area contributed by atoms with E-state index in [4.69, 9.17) is 15.7 Å². The fourth-order valence-corrected chi connectivity index (χ4v) is 8.23. The molecule has 0 saturated carbocycles. The first-order chi connectivity index (χ1) is 27.9. The van der Waals surface area contributed by atoms with Gasteiger partial charge in [0.05, 0.1) is 6.85 Å². The molecule has 0 N–H and O–H groups in total. The van der Waals surface area contributed by atoms with Crippen LogP contribution in [0.4, 0.5) is 0 Å². The first-order valence-electron chi connectivity index (χ1n) is 19.9. The molecule has 0 aliphatic carbocycles. The number of rotatable bonds is 4. The normalized spacial score (nSPS) is 13.2. The van der Waals surface area contributed by atoms with Gasteiger partial charge >= 0.3 is 0 Å². The van der Waals surface area contributed by atoms with Crippen molar-refractivity contribution in [3.8, 4) is 44.5 Å². The smallest absolute Gasteiger partial charge is 0.136 e. The van der Waals surface area contributed by atoms with Gasteiger partial charge in [-0.05, 0) is 90.8 Å². The topological polar surface area (TPSA) is 26.3 Å². The quantitative estimate of drug-likeness (QED) is 0.175. The van der Waals surface area contributed by atoms with E-state index in [2.05, 4.69) is 72.8 Å². The predicted molar refractivity (Wildman–Crippen MR) is 218 cm³/mol. The Kier molecular flexibility index (Phi) is 5.28. The molecule has 0 bridgehead atoms. The molecule has 0 saturated heterocycles. The second kappa shape index (κ2) is 11.3. The van der Waals surface area contributed by atoms with Gasteiger partial charge in [0.2, 0.25) is 0 Å². The molecule has 0 aliphatic heterocycles. The fraction of sp³-hybridized carbons (Fsp3) is 0. The molecule has 0 aliphatic rings. The minimum Gasteiger partial charge on any atom is -0.456 e. The average Bonchev–Trinajstić information content (AvgIpc) is 3.83. The van der Waals surface area contributed by atoms with Crippen LogP contribution >= 0.6 is 0 Å². The van der Waals surface area contributed by atoms with Gasteiger partial charge in [-0.15, -0.1) is 0 Å². The van der Waals surface area contributed by atoms with Crippen LogP contribution in [-0.4, -0.2) is 0 Å². The van der Waals surface area contributed by atoms with E-state index < -0.39 is 6.04 Å². The number of hydrogen-bond acceptors (Lipinski definition) is 2. The first-order valence-corrected chi connectivity index (χ1v) is 17.4. The Morgan fingerprint density at radius 2 is 0.769 bits per heavy atom. The summed E-state index contributed by atoms with van der Waals surface area (Å²) in [4.78, 5) is 0. The summed E-state index contributed by atoms with van der Waals surface area (Å²) in [5.41, 5.74) is 10.4. The van der Waals surface area contributed by atoms with Crippen LogP contribution in [0.2, 0.25) is 0 Å². The second-order valence-corrected chi connectivity index (χ2v) is 13.2. The zero-order valence-electron chi connectivity index (χ0n) is 32.8. The molecule has 52 heavy (non-hydrogen) atoms. The third kappa shape index (κ3) is 4.25. The van der Waals surface area contributed by atoms with Crippen LogP contribution in [-0.2, 0) is 0 Å². The Labute approximate surface area is 306 Å². The highest BCUT2D eigenvalue weighted by Crippen LogP contribution is 2.48. The SMILES string of the molecule is [2H]c1c([2H])c([2H])c(-c2c3ccccc3c(-c3ccc(-c4c(-c5cccc6oc7ccccc7c56)ccc5oc6ccccc6c45)cc3)c3ccccc23)c([2H])c1[2H]. The summed E-state index contributed by atoms with van der Waals surface area (Å²) in [7, 11) is 0. The van der Waals surface area contributed by atoms with Gasteiger partial charge in [-0.1, -0.05) is 152 Å². The summed E-state index contributed by atoms with van der Waals surface area (Å²) in [6, 6.07) is 49.8. The standard InChI is InChI=1S/C50H30O2/c1-2-13-31(14-3-1)46-34-15-4-6-17-36(34)47(37-18-7-5-16-35(37)46)32-25-27-33(28-26-32)48-39(29-30-45-50(48)41-20-9-11-23-43(41)52-45)38-21-12-24-44-49(38)40-19-8-10-22-42(40)51-44/h1-30H/i1D,2D,3D,13D,14D. The highest BCUT2D eigenvalue weighted by atomic mass is 16.3. The number of para-hydroxylation sites is 2. The third-order valence-corrected chi connectivity index (χ3v) is 10.4. The summed E-state index contributed by atoms with van der Waals surface area (Å²) in [6.07, 6.45) is 0. The number of hydrogen-bond donors (Lipinski definition) is 0. The van der Waals surface area contributed by atoms with E-state index >= 15 is 0 Å². The molecule has 0 spiro atoms. The van der Waals surface area contributed by atoms with Gasteiger partial charge in [-0.2, -0.15) is 0 Å². The van der Waals surface area contributed by atoms with Gasteiger partial charge in [0.25, 0.3) is 0 Å². The van der Waals surface area contributed by atoms with Crippen molar-refractivity contribution in [1.29, 1.82) is 0 Å². The van der Waals surface area contributed by atoms with Crippen molar-refractivity contribution >= 4 is 65.4 Å². The Balaban J connectivity index is 1.17. The molecule has 9 aromatic carbocycles. The van der Waals surface area contributed by atoms with E-state index in [1.54, 1.807) is 0 Å². The maximum atomic E-state index is 8.91. The van der Waals surface area contributed by atoms with Crippen LogP contribution in [0.1, 0.15) is 6.85 Å². The summed E-state index contributed by atoms with van der Waals surface area (Å²) >= 11 is 0. The molecule has 0 atom stereocenters. The molecule has 0 fully saturated rings. The number of fused-ring (bicyclic) bond motifs is 8. The van der Waals surface area contributed by atoms with E-state index in [0.717, 1.165) is 98.8 Å². The summed E-state index contributed by atoms with van der Waals surface area (Å²) in [5, 5.41) is 7.68. The van der Waals surface area contributed by atoms with Gasteiger partial charge in [0, 0.05) is 27.1 Å². The van der Waals surface area contributed by atoms with Crippen LogP contribution in [0, 0.1) is 0 Å². The molecule has 0 amide bonds. The van der Waals surface area contributed by atoms with Gasteiger partial charge in [-0.25, -0.2) is 0 Å². The van der Waals surface area contributed by atoms with E-state index in [-0.39, 0.29) is 29.7 Å². The van der Waals surface area contributed by atoms with Crippen molar-refractivity contribution in [2.75, 3.05) is 0 Å². The fourth-order valence-electron chi connectivity index (χ4n) is 8.23. The van der Waals surface area contributed by atoms with Crippen LogP contribution in [0.15, 0.2) is 191 Å². The third-order valence-electron chi connectivity index (χ3n) is 10.4. The lowest BCUT2D eigenvalue weighted by atomic mass is 9.85. The van der Waals surface area contributed by atoms with Crippen molar-refractivity contribution in [1.82, 2.24) is 0 Å². The summed E-state index contributed by atoms with van der Waals surface area (Å²) < 4.78 is 55.8. The Bertz CT molecular complexity index is 3380. The van der Waals surface area contributed by atoms with Gasteiger partial charge in [-0.3, -0.25) is 0 Å². The van der Waals surface area contributed by atoms with E-state index in [1.807, 2.05) is 78.9 Å². The summed E-state index contributed by atoms with van der Waals surface area (Å²) in [5.74, 6) is 0. The van der Waals surface area contributed by atoms with Gasteiger partial charge in [0.1, 0.15) is 22.3 Å². The maximum absolute atomic E-state index is 8.91. The van der Waals surface area contributed by atoms with Crippen LogP contribution < -0.4 is 0 Å². The zero-order valence-corrected chi connectivity index (χ0v) is 27.8. The molecule has 2 heterocycles. The average molecular weight is 668 g/mol. The number of furan rings is 2. The Hall–Kier alpha value is -6.90. The van der Waals surface area contributed by atoms with Crippen molar-refractivity contribution in [3.05, 3.63) is 182 Å². The second-order valence-electron chi connectivity index (χ2n) is 13.2. The minimum atomic E-state index is -0.406. The number of benzene rings is 9. The highest BCUT2D eigenvalue weighted by Gasteiger charge is 2.22. The molecule has 2 heteroatoms. The summed E-state index contributed by atoms with van der Waals surface area (Å²) in [6.45, 7) is 0. The molecular formula is C50H30O2. The molecule has 0 unspecified atom stereocenters. The predicted octanol–water partition coefficient (Wildman–Crippen LogP) is 14.5. The van der Waals surface area contributed by atoms with E-state index in [9.17, 15) is 0 Å². The molecule has 11 aromatic rings. The monoisotopic (exact) mass is 667 g/mol. The van der Waals surface area contributed by atoms with E-state index in [0.29, 0.717) is 5.56 Å². The highest BCUT2D eigenvalue weighted by molar-refractivity contribution is 6.22. The minimum absolute atomic E-state index is 0.198. The molecule has 242 valence electrons. The molecule has 0 radical (unpaired) electrons. The van der Waals surface area contributed by atoms with Crippen molar-refractivity contribution in [2.45, 2.75) is 0 Å². The maximum Gasteiger partial charge on any atom is 0.136 e. The lowest BCUT2D eigenvalue weighted by Crippen LogP contribution is -1.91. The van der Waals surface area contributed by atoms with E-state index in [1.165, 1.54) is 0 Å². The van der Waals surface area contributed by atoms with Gasteiger partial charge in [0.15, 0.2) is 0 Å². The Morgan fingerprint density at radius 1 is 0.308 bits per heavy atom. The van der Waals surface area contributed by atoms with Crippen LogP contribution in [0.3, 0.4) is 0 Å². The first kappa shape index (κ1) is 24.3. The zero-order chi connectivity index (χ0) is 38.5. The lowest BCUT2D eigenvalue weighted by Gasteiger charge is -2.18. The lowest BCUT2D eigenvalue weighted by molar-refractivity contribution is 0.669. The molecule has 11 rings (SSSR count). The Morgan fingerprint density at radius 3 is 1.37 bits per heavy atom.